The number of hydrogen-bond donors (Lipinski definition) is 1. The third kappa shape index (κ3) is 4.41. The maximum Gasteiger partial charge on any atom is 0.225 e. The quantitative estimate of drug-likeness (QED) is 0.583. The zero-order chi connectivity index (χ0) is 16.9. The third-order valence-corrected chi connectivity index (χ3v) is 5.03. The number of para-hydroxylation sites is 1. The van der Waals surface area contributed by atoms with E-state index in [-0.39, 0.29) is 5.91 Å². The minimum absolute atomic E-state index is 0.0679. The molecule has 0 saturated carbocycles. The van der Waals surface area contributed by atoms with Gasteiger partial charge >= 0.3 is 0 Å². The van der Waals surface area contributed by atoms with Crippen molar-refractivity contribution in [2.75, 3.05) is 11.1 Å². The van der Waals surface area contributed by atoms with E-state index < -0.39 is 0 Å². The van der Waals surface area contributed by atoms with Crippen LogP contribution in [0.3, 0.4) is 0 Å². The number of fused-ring (bicyclic) bond motifs is 1. The van der Waals surface area contributed by atoms with Crippen LogP contribution in [0.2, 0.25) is 10.0 Å². The van der Waals surface area contributed by atoms with Gasteiger partial charge in [0.1, 0.15) is 0 Å². The lowest BCUT2D eigenvalue weighted by atomic mass is 10.2. The minimum atomic E-state index is -0.0679. The van der Waals surface area contributed by atoms with E-state index >= 15 is 0 Å². The number of thioether (sulfide) groups is 1. The summed E-state index contributed by atoms with van der Waals surface area (Å²) in [4.78, 5) is 16.6. The number of halogens is 2. The van der Waals surface area contributed by atoms with Gasteiger partial charge in [0.05, 0.1) is 20.6 Å². The summed E-state index contributed by atoms with van der Waals surface area (Å²) in [6.45, 7) is 0. The predicted molar refractivity (Wildman–Crippen MR) is 102 cm³/mol. The molecular formula is C18H14Cl2N2OS. The fourth-order valence-corrected chi connectivity index (χ4v) is 3.30. The summed E-state index contributed by atoms with van der Waals surface area (Å²) in [7, 11) is 0. The molecule has 3 aromatic rings. The van der Waals surface area contributed by atoms with Crippen molar-refractivity contribution < 1.29 is 4.79 Å². The van der Waals surface area contributed by atoms with Crippen molar-refractivity contribution in [3.05, 3.63) is 64.6 Å². The van der Waals surface area contributed by atoms with Crippen LogP contribution in [0.15, 0.2) is 59.6 Å². The second-order valence-electron chi connectivity index (χ2n) is 5.12. The number of carbonyl (C=O) groups excluding carboxylic acids is 1. The molecule has 0 aliphatic carbocycles. The molecule has 3 nitrogen and oxygen atoms in total. The number of amides is 1. The molecule has 1 heterocycles. The molecule has 6 heteroatoms. The largest absolute Gasteiger partial charge is 0.326 e. The van der Waals surface area contributed by atoms with Crippen molar-refractivity contribution in [2.45, 2.75) is 11.4 Å². The van der Waals surface area contributed by atoms with Crippen LogP contribution in [-0.4, -0.2) is 16.6 Å². The predicted octanol–water partition coefficient (Wildman–Crippen LogP) is 5.66. The molecule has 2 aromatic carbocycles. The lowest BCUT2D eigenvalue weighted by Crippen LogP contribution is -2.12. The maximum atomic E-state index is 12.0. The lowest BCUT2D eigenvalue weighted by Gasteiger charge is -2.06. The van der Waals surface area contributed by atoms with Crippen LogP contribution in [0.25, 0.3) is 10.9 Å². The van der Waals surface area contributed by atoms with E-state index in [1.165, 1.54) is 0 Å². The third-order valence-electron chi connectivity index (χ3n) is 3.36. The van der Waals surface area contributed by atoms with Crippen LogP contribution in [0.4, 0.5) is 5.69 Å². The number of hydrogen-bond acceptors (Lipinski definition) is 3. The molecule has 0 atom stereocenters. The summed E-state index contributed by atoms with van der Waals surface area (Å²) < 4.78 is 0. The lowest BCUT2D eigenvalue weighted by molar-refractivity contribution is -0.115. The Hall–Kier alpha value is -1.75. The van der Waals surface area contributed by atoms with E-state index in [0.717, 1.165) is 15.9 Å². The molecule has 3 rings (SSSR count). The van der Waals surface area contributed by atoms with Gasteiger partial charge in [0, 0.05) is 23.2 Å². The summed E-state index contributed by atoms with van der Waals surface area (Å²) in [5.74, 6) is 0.583. The number of nitrogens with zero attached hydrogens (tertiary/aromatic N) is 1. The molecule has 1 N–H and O–H groups in total. The van der Waals surface area contributed by atoms with Gasteiger partial charge in [-0.15, -0.1) is 11.8 Å². The van der Waals surface area contributed by atoms with Crippen molar-refractivity contribution in [3.63, 3.8) is 0 Å². The number of carbonyl (C=O) groups is 1. The summed E-state index contributed by atoms with van der Waals surface area (Å²) >= 11 is 13.3. The van der Waals surface area contributed by atoms with Crippen molar-refractivity contribution in [3.8, 4) is 0 Å². The van der Waals surface area contributed by atoms with Gasteiger partial charge in [0.15, 0.2) is 0 Å². The van der Waals surface area contributed by atoms with Crippen LogP contribution < -0.4 is 5.32 Å². The molecule has 0 bridgehead atoms. The van der Waals surface area contributed by atoms with Gasteiger partial charge in [0.25, 0.3) is 0 Å². The Morgan fingerprint density at radius 2 is 1.88 bits per heavy atom. The first kappa shape index (κ1) is 17.1. The summed E-state index contributed by atoms with van der Waals surface area (Å²) in [5.41, 5.74) is 1.60. The van der Waals surface area contributed by atoms with Gasteiger partial charge in [0.2, 0.25) is 5.91 Å². The minimum Gasteiger partial charge on any atom is -0.326 e. The summed E-state index contributed by atoms with van der Waals surface area (Å²) in [5, 5.41) is 5.72. The van der Waals surface area contributed by atoms with Gasteiger partial charge in [-0.25, -0.2) is 4.98 Å². The van der Waals surface area contributed by atoms with Crippen LogP contribution in [0, 0.1) is 0 Å². The Balaban J connectivity index is 1.53. The highest BCUT2D eigenvalue weighted by Gasteiger charge is 2.06. The molecule has 0 spiro atoms. The zero-order valence-electron chi connectivity index (χ0n) is 12.6. The van der Waals surface area contributed by atoms with Crippen molar-refractivity contribution >= 4 is 57.5 Å². The van der Waals surface area contributed by atoms with Crippen LogP contribution in [-0.2, 0) is 4.79 Å². The summed E-state index contributed by atoms with van der Waals surface area (Å²) in [6, 6.07) is 17.0. The normalized spacial score (nSPS) is 10.8. The Bertz CT molecular complexity index is 886. The SMILES string of the molecule is O=C(CCSc1ccc2ccccc2n1)Nc1ccc(Cl)c(Cl)c1. The standard InChI is InChI=1S/C18H14Cl2N2OS/c19-14-7-6-13(11-15(14)20)21-17(23)9-10-24-18-8-5-12-3-1-2-4-16(12)22-18/h1-8,11H,9-10H2,(H,21,23). The van der Waals surface area contributed by atoms with E-state index in [2.05, 4.69) is 10.3 Å². The van der Waals surface area contributed by atoms with Crippen molar-refractivity contribution in [2.24, 2.45) is 0 Å². The number of rotatable bonds is 5. The second-order valence-corrected chi connectivity index (χ2v) is 7.05. The number of anilines is 1. The molecule has 1 aromatic heterocycles. The maximum absolute atomic E-state index is 12.0. The van der Waals surface area contributed by atoms with E-state index in [9.17, 15) is 4.79 Å². The first-order valence-corrected chi connectivity index (χ1v) is 9.09. The molecule has 0 radical (unpaired) electrons. The molecule has 0 saturated heterocycles. The molecule has 1 amide bonds. The average Bonchev–Trinajstić information content (AvgIpc) is 2.58. The monoisotopic (exact) mass is 376 g/mol. The molecular weight excluding hydrogens is 363 g/mol. The highest BCUT2D eigenvalue weighted by molar-refractivity contribution is 7.99. The fourth-order valence-electron chi connectivity index (χ4n) is 2.17. The average molecular weight is 377 g/mol. The van der Waals surface area contributed by atoms with Gasteiger partial charge in [-0.05, 0) is 30.3 Å². The van der Waals surface area contributed by atoms with Gasteiger partial charge < -0.3 is 5.32 Å². The Morgan fingerprint density at radius 3 is 2.71 bits per heavy atom. The van der Waals surface area contributed by atoms with Crippen molar-refractivity contribution in [1.82, 2.24) is 4.98 Å². The topological polar surface area (TPSA) is 42.0 Å². The number of aromatic nitrogens is 1. The second kappa shape index (κ2) is 7.88. The molecule has 0 aliphatic rings. The molecule has 0 aliphatic heterocycles. The Kier molecular flexibility index (Phi) is 5.61. The highest BCUT2D eigenvalue weighted by Crippen LogP contribution is 2.25. The number of benzene rings is 2. The molecule has 122 valence electrons. The van der Waals surface area contributed by atoms with Crippen LogP contribution in [0.1, 0.15) is 6.42 Å². The molecule has 0 fully saturated rings. The van der Waals surface area contributed by atoms with Crippen molar-refractivity contribution in [1.29, 1.82) is 0 Å². The highest BCUT2D eigenvalue weighted by atomic mass is 35.5. The van der Waals surface area contributed by atoms with Gasteiger partial charge in [-0.2, -0.15) is 0 Å². The number of nitrogens with one attached hydrogen (secondary N) is 1. The van der Waals surface area contributed by atoms with E-state index in [1.54, 1.807) is 30.0 Å². The molecule has 0 unspecified atom stereocenters. The molecule has 24 heavy (non-hydrogen) atoms. The van der Waals surface area contributed by atoms with E-state index in [0.29, 0.717) is 27.9 Å². The summed E-state index contributed by atoms with van der Waals surface area (Å²) in [6.07, 6.45) is 0.388. The Labute approximate surface area is 154 Å². The van der Waals surface area contributed by atoms with E-state index in [4.69, 9.17) is 23.2 Å². The van der Waals surface area contributed by atoms with E-state index in [1.807, 2.05) is 36.4 Å². The number of pyridine rings is 1. The Morgan fingerprint density at radius 1 is 1.04 bits per heavy atom. The van der Waals surface area contributed by atoms with Gasteiger partial charge in [-0.1, -0.05) is 47.5 Å². The van der Waals surface area contributed by atoms with Crippen LogP contribution >= 0.6 is 35.0 Å². The van der Waals surface area contributed by atoms with Gasteiger partial charge in [-0.3, -0.25) is 4.79 Å². The smallest absolute Gasteiger partial charge is 0.225 e. The van der Waals surface area contributed by atoms with Crippen LogP contribution in [0.5, 0.6) is 0 Å². The zero-order valence-corrected chi connectivity index (χ0v) is 15.0. The fraction of sp³-hybridized carbons (Fsp3) is 0.111. The first-order valence-electron chi connectivity index (χ1n) is 7.35. The first-order chi connectivity index (χ1) is 11.6.